The van der Waals surface area contributed by atoms with E-state index in [4.69, 9.17) is 15.3 Å². The molecule has 1 saturated heterocycles. The minimum Gasteiger partial charge on any atom is -0.543 e. The van der Waals surface area contributed by atoms with E-state index in [9.17, 15) is 29.1 Å². The van der Waals surface area contributed by atoms with Gasteiger partial charge in [0.05, 0.1) is 22.5 Å². The average Bonchev–Trinajstić information content (AvgIpc) is 3.42. The molecule has 5 rings (SSSR count). The number of aliphatic carboxylic acids is 1. The van der Waals surface area contributed by atoms with Crippen molar-refractivity contribution in [3.8, 4) is 0 Å². The Hall–Kier alpha value is -2.93. The summed E-state index contributed by atoms with van der Waals surface area (Å²) < 4.78 is 6.15. The molecule has 4 heterocycles. The van der Waals surface area contributed by atoms with Crippen LogP contribution < -0.4 is 51.1 Å². The number of hydrogen-bond donors (Lipinski definition) is 2. The molecule has 224 valence electrons. The number of amides is 2. The Kier molecular flexibility index (Phi) is 11.1. The monoisotopic (exact) mass is 683 g/mol. The molecule has 2 aromatic heterocycles. The number of hydrogen-bond acceptors (Lipinski definition) is 15. The number of thiazole rings is 1. The molecule has 0 unspecified atom stereocenters. The van der Waals surface area contributed by atoms with Crippen molar-refractivity contribution in [2.75, 3.05) is 31.0 Å². The SMILES string of the molecule is CCOC(=O)c1c(SCC2=C(C(=O)[O-])N3C(=O)[C@@H](NC(=O)/C(=N\OC)c4csc(N)n4)[C@H]3SC2)sc2ccccc2c1=O.[Na+]. The normalized spacial score (nSPS) is 17.8. The third kappa shape index (κ3) is 6.54. The molecule has 2 aliphatic heterocycles. The van der Waals surface area contributed by atoms with Gasteiger partial charge in [-0.2, -0.15) is 0 Å². The molecule has 3 N–H and O–H groups in total. The number of β-lactam (4-membered cyclic amide) rings is 1. The van der Waals surface area contributed by atoms with Gasteiger partial charge in [-0.25, -0.2) is 9.78 Å². The molecule has 1 fully saturated rings. The topological polar surface area (TPSA) is 193 Å². The van der Waals surface area contributed by atoms with Crippen LogP contribution in [0.2, 0.25) is 0 Å². The Morgan fingerprint density at radius 2 is 2.02 bits per heavy atom. The van der Waals surface area contributed by atoms with Gasteiger partial charge in [-0.3, -0.25) is 19.3 Å². The maximum absolute atomic E-state index is 13.2. The summed E-state index contributed by atoms with van der Waals surface area (Å²) in [6, 6.07) is 5.81. The number of nitrogens with one attached hydrogen (secondary N) is 1. The largest absolute Gasteiger partial charge is 1.00 e. The first-order valence-corrected chi connectivity index (χ1v) is 16.3. The second-order valence-electron chi connectivity index (χ2n) is 8.89. The summed E-state index contributed by atoms with van der Waals surface area (Å²) >= 11 is 4.67. The number of fused-ring (bicyclic) bond motifs is 2. The molecular weight excluding hydrogens is 662 g/mol. The molecule has 0 aliphatic carbocycles. The van der Waals surface area contributed by atoms with E-state index >= 15 is 0 Å². The number of rotatable bonds is 10. The van der Waals surface area contributed by atoms with Crippen LogP contribution in [0.15, 0.2) is 55.1 Å². The molecule has 2 amide bonds. The number of thioether (sulfide) groups is 2. The molecule has 18 heteroatoms. The number of carbonyl (C=O) groups excluding carboxylic acids is 4. The molecule has 0 bridgehead atoms. The summed E-state index contributed by atoms with van der Waals surface area (Å²) in [7, 11) is 1.25. The Labute approximate surface area is 288 Å². The first-order valence-electron chi connectivity index (χ1n) is 12.5. The van der Waals surface area contributed by atoms with Crippen molar-refractivity contribution in [1.82, 2.24) is 15.2 Å². The van der Waals surface area contributed by atoms with Crippen molar-refractivity contribution in [3.05, 3.63) is 62.4 Å². The van der Waals surface area contributed by atoms with Gasteiger partial charge in [-0.05, 0) is 24.6 Å². The number of nitrogen functional groups attached to an aromatic ring is 1. The number of oxime groups is 1. The van der Waals surface area contributed by atoms with Crippen LogP contribution in [0.5, 0.6) is 0 Å². The maximum atomic E-state index is 13.2. The van der Waals surface area contributed by atoms with Gasteiger partial charge in [-0.1, -0.05) is 17.3 Å². The summed E-state index contributed by atoms with van der Waals surface area (Å²) in [5, 5.41) is 19.9. The van der Waals surface area contributed by atoms with E-state index in [1.165, 1.54) is 35.6 Å². The van der Waals surface area contributed by atoms with Gasteiger partial charge >= 0.3 is 35.5 Å². The van der Waals surface area contributed by atoms with Gasteiger partial charge in [0, 0.05) is 27.0 Å². The average molecular weight is 684 g/mol. The number of aromatic nitrogens is 1. The molecule has 2 aliphatic rings. The van der Waals surface area contributed by atoms with Crippen LogP contribution in [0.25, 0.3) is 10.1 Å². The van der Waals surface area contributed by atoms with Gasteiger partial charge in [0.15, 0.2) is 10.8 Å². The third-order valence-corrected chi connectivity index (χ3v) is 10.9. The van der Waals surface area contributed by atoms with Crippen molar-refractivity contribution in [2.24, 2.45) is 5.16 Å². The standard InChI is InChI=1S/C26H23N5O8S4.Na/c1-3-39-24(37)15-19(32)12-6-4-5-7-14(12)43-25(15)41-9-11-8-40-22-17(21(34)31(22)18(11)23(35)36)29-20(33)16(30-38-2)13-10-42-26(27)28-13;/h4-7,10,17,22H,3,8-9H2,1-2H3,(H2,27,28)(H,29,33)(H,35,36);/q;+1/p-1/b30-16-;/t17-,22-;/m1./s1. The first-order chi connectivity index (χ1) is 20.7. The number of nitrogens with two attached hydrogens (primary N) is 1. The molecule has 0 spiro atoms. The van der Waals surface area contributed by atoms with Crippen LogP contribution in [0.4, 0.5) is 5.13 Å². The number of carbonyl (C=O) groups is 4. The minimum atomic E-state index is -1.56. The zero-order valence-electron chi connectivity index (χ0n) is 23.5. The van der Waals surface area contributed by atoms with Crippen molar-refractivity contribution in [1.29, 1.82) is 0 Å². The number of carboxylic acids is 1. The van der Waals surface area contributed by atoms with Crippen LogP contribution in [0, 0.1) is 0 Å². The Bertz CT molecular complexity index is 1770. The number of carboxylic acid groups (broad SMARTS) is 1. The molecule has 13 nitrogen and oxygen atoms in total. The zero-order chi connectivity index (χ0) is 30.8. The second kappa shape index (κ2) is 14.4. The third-order valence-electron chi connectivity index (χ3n) is 6.31. The molecule has 0 radical (unpaired) electrons. The quantitative estimate of drug-likeness (QED) is 0.0599. The molecule has 1 aromatic carbocycles. The first kappa shape index (κ1) is 34.0. The van der Waals surface area contributed by atoms with Gasteiger partial charge in [0.25, 0.3) is 11.8 Å². The fraction of sp³-hybridized carbons (Fsp3) is 0.269. The summed E-state index contributed by atoms with van der Waals surface area (Å²) in [6.45, 7) is 1.70. The van der Waals surface area contributed by atoms with Gasteiger partial charge in [-0.15, -0.1) is 46.2 Å². The van der Waals surface area contributed by atoms with E-state index in [1.54, 1.807) is 31.2 Å². The number of ether oxygens (including phenoxy) is 1. The zero-order valence-corrected chi connectivity index (χ0v) is 28.7. The number of anilines is 1. The fourth-order valence-corrected chi connectivity index (χ4v) is 8.90. The predicted molar refractivity (Wildman–Crippen MR) is 162 cm³/mol. The van der Waals surface area contributed by atoms with Crippen LogP contribution >= 0.6 is 46.2 Å². The van der Waals surface area contributed by atoms with E-state index in [0.717, 1.165) is 28.0 Å². The Morgan fingerprint density at radius 3 is 2.68 bits per heavy atom. The van der Waals surface area contributed by atoms with Gasteiger partial charge in [0.2, 0.25) is 5.43 Å². The molecule has 0 saturated carbocycles. The van der Waals surface area contributed by atoms with E-state index < -0.39 is 40.6 Å². The van der Waals surface area contributed by atoms with Crippen molar-refractivity contribution in [3.63, 3.8) is 0 Å². The van der Waals surface area contributed by atoms with Crippen molar-refractivity contribution >= 4 is 90.9 Å². The maximum Gasteiger partial charge on any atom is 1.00 e. The number of benzene rings is 1. The van der Waals surface area contributed by atoms with Crippen molar-refractivity contribution in [2.45, 2.75) is 22.5 Å². The van der Waals surface area contributed by atoms with Crippen LogP contribution in [-0.4, -0.2) is 76.0 Å². The van der Waals surface area contributed by atoms with Crippen LogP contribution in [0.3, 0.4) is 0 Å². The minimum absolute atomic E-state index is 0. The van der Waals surface area contributed by atoms with E-state index in [2.05, 4.69) is 15.5 Å². The number of esters is 1. The van der Waals surface area contributed by atoms with Gasteiger partial charge < -0.3 is 30.5 Å². The van der Waals surface area contributed by atoms with Crippen LogP contribution in [0.1, 0.15) is 23.0 Å². The van der Waals surface area contributed by atoms with Gasteiger partial charge in [0.1, 0.15) is 29.8 Å². The fourth-order valence-electron chi connectivity index (χ4n) is 4.44. The summed E-state index contributed by atoms with van der Waals surface area (Å²) in [5.41, 5.74) is 5.09. The van der Waals surface area contributed by atoms with Crippen LogP contribution in [-0.2, 0) is 24.0 Å². The Morgan fingerprint density at radius 1 is 1.27 bits per heavy atom. The van der Waals surface area contributed by atoms with E-state index in [0.29, 0.717) is 19.9 Å². The second-order valence-corrected chi connectivity index (χ2v) is 13.2. The van der Waals surface area contributed by atoms with Crippen molar-refractivity contribution < 1.29 is 63.4 Å². The Balaban J connectivity index is 0.00000442. The molecule has 44 heavy (non-hydrogen) atoms. The van der Waals surface area contributed by atoms with E-state index in [-0.39, 0.29) is 75.5 Å². The molecule has 3 aromatic rings. The summed E-state index contributed by atoms with van der Waals surface area (Å²) in [6.07, 6.45) is 0. The van der Waals surface area contributed by atoms with E-state index in [1.807, 2.05) is 0 Å². The number of nitrogens with zero attached hydrogens (tertiary/aromatic N) is 3. The molecular formula is C26H22N5NaO8S4. The summed E-state index contributed by atoms with van der Waals surface area (Å²) in [5.74, 6) is -3.47. The smallest absolute Gasteiger partial charge is 0.543 e. The predicted octanol–water partition coefficient (Wildman–Crippen LogP) is -1.97. The summed E-state index contributed by atoms with van der Waals surface area (Å²) in [4.78, 5) is 74.2. The molecule has 2 atom stereocenters.